The Labute approximate surface area is 226 Å². The average Bonchev–Trinajstić information content (AvgIpc) is 2.91. The summed E-state index contributed by atoms with van der Waals surface area (Å²) in [6.07, 6.45) is -1.45. The molecule has 3 rings (SSSR count). The van der Waals surface area contributed by atoms with Gasteiger partial charge in [0, 0.05) is 50.4 Å². The van der Waals surface area contributed by atoms with Crippen LogP contribution in [0.3, 0.4) is 0 Å². The molecule has 2 aromatic rings. The first-order chi connectivity index (χ1) is 18.6. The summed E-state index contributed by atoms with van der Waals surface area (Å²) in [5.74, 6) is -0.356. The number of rotatable bonds is 11. The van der Waals surface area contributed by atoms with Crippen LogP contribution in [0.15, 0.2) is 41.4 Å². The van der Waals surface area contributed by atoms with Gasteiger partial charge in [-0.25, -0.2) is 0 Å². The van der Waals surface area contributed by atoms with Crippen molar-refractivity contribution in [3.05, 3.63) is 57.6 Å². The number of anilines is 1. The van der Waals surface area contributed by atoms with Gasteiger partial charge in [0.05, 0.1) is 22.5 Å². The number of likely N-dealkylation sites (N-methyl/N-ethyl adjacent to an activating group) is 1. The molecule has 39 heavy (non-hydrogen) atoms. The molecule has 0 unspecified atom stereocenters. The molecule has 0 aliphatic carbocycles. The van der Waals surface area contributed by atoms with Crippen LogP contribution in [0.2, 0.25) is 0 Å². The molecule has 1 fully saturated rings. The Balaban J connectivity index is 0.00000260. The van der Waals surface area contributed by atoms with Crippen molar-refractivity contribution in [2.24, 2.45) is 4.99 Å². The van der Waals surface area contributed by atoms with Gasteiger partial charge in [-0.15, -0.1) is 13.2 Å². The molecule has 0 aromatic heterocycles. The number of nitro benzene ring substituents is 1. The standard InChI is InChI=1S/C25H30F3N5O4.C2H6/c1-18-3-4-19(15-23(18)33(35)36)17-30-20-7-10-32(11-8-20)13-12-31(2)24-16-21(37-25(26,27)28)5-6-22(24)29-9-14-34;1-2/h3-6,9,14-16,20,30H,7-8,10-13,17H2,1-2H3;1-2H3. The van der Waals surface area contributed by atoms with E-state index in [1.165, 1.54) is 12.1 Å². The minimum absolute atomic E-state index is 0.119. The quantitative estimate of drug-likeness (QED) is 0.172. The van der Waals surface area contributed by atoms with Gasteiger partial charge >= 0.3 is 6.36 Å². The molecular formula is C27H36F3N5O4. The number of aryl methyl sites for hydroxylation is 1. The molecule has 0 bridgehead atoms. The maximum atomic E-state index is 12.7. The normalized spacial score (nSPS) is 14.5. The maximum Gasteiger partial charge on any atom is 0.573 e. The number of aldehydes is 1. The number of nitro groups is 1. The summed E-state index contributed by atoms with van der Waals surface area (Å²) in [5.41, 5.74) is 2.40. The summed E-state index contributed by atoms with van der Waals surface area (Å²) < 4.78 is 42.0. The van der Waals surface area contributed by atoms with Gasteiger partial charge in [0.2, 0.25) is 0 Å². The van der Waals surface area contributed by atoms with Crippen molar-refractivity contribution in [1.82, 2.24) is 10.2 Å². The van der Waals surface area contributed by atoms with Crippen LogP contribution in [0.5, 0.6) is 5.75 Å². The van der Waals surface area contributed by atoms with Crippen LogP contribution >= 0.6 is 0 Å². The van der Waals surface area contributed by atoms with E-state index in [2.05, 4.69) is 19.9 Å². The number of nitrogens with zero attached hydrogens (tertiary/aromatic N) is 4. The summed E-state index contributed by atoms with van der Waals surface area (Å²) in [6.45, 7) is 9.17. The molecule has 214 valence electrons. The topological polar surface area (TPSA) is 100 Å². The number of hydrogen-bond acceptors (Lipinski definition) is 8. The van der Waals surface area contributed by atoms with Crippen molar-refractivity contribution in [1.29, 1.82) is 0 Å². The largest absolute Gasteiger partial charge is 0.573 e. The highest BCUT2D eigenvalue weighted by Crippen LogP contribution is 2.34. The predicted molar refractivity (Wildman–Crippen MR) is 146 cm³/mol. The second-order valence-electron chi connectivity index (χ2n) is 8.91. The van der Waals surface area contributed by atoms with E-state index in [1.807, 2.05) is 19.9 Å². The molecule has 2 aromatic carbocycles. The molecule has 0 saturated carbocycles. The molecule has 1 aliphatic rings. The number of piperidine rings is 1. The lowest BCUT2D eigenvalue weighted by Crippen LogP contribution is -2.44. The SMILES string of the molecule is CC.Cc1ccc(CNC2CCN(CCN(C)c3cc(OC(F)(F)F)ccc3N=CC=O)CC2)cc1[N+](=O)[O-]. The van der Waals surface area contributed by atoms with Gasteiger partial charge in [-0.2, -0.15) is 0 Å². The van der Waals surface area contributed by atoms with Gasteiger partial charge in [0.15, 0.2) is 6.29 Å². The van der Waals surface area contributed by atoms with E-state index >= 15 is 0 Å². The molecule has 0 spiro atoms. The molecule has 0 amide bonds. The van der Waals surface area contributed by atoms with Crippen molar-refractivity contribution in [3.8, 4) is 5.75 Å². The highest BCUT2D eigenvalue weighted by molar-refractivity contribution is 6.14. The second kappa shape index (κ2) is 15.2. The lowest BCUT2D eigenvalue weighted by atomic mass is 10.0. The van der Waals surface area contributed by atoms with Crippen molar-refractivity contribution in [3.63, 3.8) is 0 Å². The highest BCUT2D eigenvalue weighted by atomic mass is 19.4. The van der Waals surface area contributed by atoms with Crippen LogP contribution < -0.4 is 15.0 Å². The Kier molecular flexibility index (Phi) is 12.3. The number of hydrogen-bond donors (Lipinski definition) is 1. The van der Waals surface area contributed by atoms with Crippen LogP contribution in [-0.2, 0) is 11.3 Å². The first-order valence-corrected chi connectivity index (χ1v) is 12.8. The van der Waals surface area contributed by atoms with Crippen molar-refractivity contribution >= 4 is 29.6 Å². The summed E-state index contributed by atoms with van der Waals surface area (Å²) >= 11 is 0. The molecule has 12 heteroatoms. The number of carbonyl (C=O) groups is 1. The number of ether oxygens (including phenoxy) is 1. The Bertz CT molecular complexity index is 1120. The zero-order valence-electron chi connectivity index (χ0n) is 22.7. The summed E-state index contributed by atoms with van der Waals surface area (Å²) in [6, 6.07) is 9.35. The van der Waals surface area contributed by atoms with Gasteiger partial charge in [-0.1, -0.05) is 26.0 Å². The Hall–Kier alpha value is -3.51. The molecule has 1 saturated heterocycles. The Morgan fingerprint density at radius 3 is 2.51 bits per heavy atom. The predicted octanol–water partition coefficient (Wildman–Crippen LogP) is 5.42. The Morgan fingerprint density at radius 2 is 1.90 bits per heavy atom. The lowest BCUT2D eigenvalue weighted by Gasteiger charge is -2.34. The van der Waals surface area contributed by atoms with E-state index in [4.69, 9.17) is 0 Å². The van der Waals surface area contributed by atoms with Crippen molar-refractivity contribution in [2.75, 3.05) is 38.1 Å². The van der Waals surface area contributed by atoms with E-state index in [9.17, 15) is 28.1 Å². The fourth-order valence-electron chi connectivity index (χ4n) is 4.22. The number of carbonyl (C=O) groups excluding carboxylic acids is 1. The molecule has 9 nitrogen and oxygen atoms in total. The zero-order chi connectivity index (χ0) is 29.0. The van der Waals surface area contributed by atoms with Crippen LogP contribution in [0, 0.1) is 17.0 Å². The molecule has 1 N–H and O–H groups in total. The monoisotopic (exact) mass is 551 g/mol. The summed E-state index contributed by atoms with van der Waals surface area (Å²) in [7, 11) is 1.75. The number of likely N-dealkylation sites (tertiary alicyclic amines) is 1. The van der Waals surface area contributed by atoms with E-state index in [-0.39, 0.29) is 22.4 Å². The van der Waals surface area contributed by atoms with E-state index in [0.29, 0.717) is 42.9 Å². The fourth-order valence-corrected chi connectivity index (χ4v) is 4.22. The van der Waals surface area contributed by atoms with Crippen LogP contribution in [0.25, 0.3) is 0 Å². The molecule has 0 atom stereocenters. The average molecular weight is 552 g/mol. The number of aliphatic imine (C=N–C) groups is 1. The van der Waals surface area contributed by atoms with Gasteiger partial charge in [0.1, 0.15) is 5.75 Å². The van der Waals surface area contributed by atoms with Gasteiger partial charge in [-0.05, 0) is 50.6 Å². The van der Waals surface area contributed by atoms with Crippen LogP contribution in [-0.4, -0.2) is 68.0 Å². The molecule has 0 radical (unpaired) electrons. The second-order valence-corrected chi connectivity index (χ2v) is 8.91. The smallest absolute Gasteiger partial charge is 0.406 e. The summed E-state index contributed by atoms with van der Waals surface area (Å²) in [4.78, 5) is 29.6. The van der Waals surface area contributed by atoms with E-state index in [0.717, 1.165) is 43.8 Å². The van der Waals surface area contributed by atoms with Gasteiger partial charge in [0.25, 0.3) is 5.69 Å². The zero-order valence-corrected chi connectivity index (χ0v) is 22.7. The number of halogens is 3. The maximum absolute atomic E-state index is 12.7. The minimum Gasteiger partial charge on any atom is -0.406 e. The molecule has 1 aliphatic heterocycles. The third kappa shape index (κ3) is 10.3. The number of nitrogens with one attached hydrogen (secondary N) is 1. The van der Waals surface area contributed by atoms with Gasteiger partial charge < -0.3 is 19.9 Å². The van der Waals surface area contributed by atoms with Crippen molar-refractivity contribution in [2.45, 2.75) is 52.6 Å². The van der Waals surface area contributed by atoms with Crippen LogP contribution in [0.1, 0.15) is 37.8 Å². The van der Waals surface area contributed by atoms with E-state index < -0.39 is 6.36 Å². The van der Waals surface area contributed by atoms with Gasteiger partial charge in [-0.3, -0.25) is 19.9 Å². The third-order valence-corrected chi connectivity index (χ3v) is 6.27. The van der Waals surface area contributed by atoms with E-state index in [1.54, 1.807) is 31.0 Å². The number of alkyl halides is 3. The highest BCUT2D eigenvalue weighted by Gasteiger charge is 2.31. The lowest BCUT2D eigenvalue weighted by molar-refractivity contribution is -0.385. The summed E-state index contributed by atoms with van der Waals surface area (Å²) in [5, 5.41) is 14.6. The first kappa shape index (κ1) is 31.7. The third-order valence-electron chi connectivity index (χ3n) is 6.27. The fraction of sp³-hybridized carbons (Fsp3) is 0.481. The Morgan fingerprint density at radius 1 is 1.21 bits per heavy atom. The molecular weight excluding hydrogens is 515 g/mol. The first-order valence-electron chi connectivity index (χ1n) is 12.8. The number of benzene rings is 2. The van der Waals surface area contributed by atoms with Crippen molar-refractivity contribution < 1.29 is 27.6 Å². The molecule has 1 heterocycles. The minimum atomic E-state index is -4.81. The van der Waals surface area contributed by atoms with Crippen LogP contribution in [0.4, 0.5) is 30.2 Å².